The lowest BCUT2D eigenvalue weighted by atomic mass is 10.2. The molecule has 1 fully saturated rings. The van der Waals surface area contributed by atoms with Gasteiger partial charge < -0.3 is 16.0 Å². The van der Waals surface area contributed by atoms with Crippen LogP contribution in [-0.2, 0) is 0 Å². The monoisotopic (exact) mass is 250 g/mol. The zero-order valence-electron chi connectivity index (χ0n) is 9.51. The molecule has 0 aromatic heterocycles. The molecule has 1 saturated heterocycles. The number of rotatable bonds is 2. The molecule has 2 amide bonds. The third-order valence-electron chi connectivity index (χ3n) is 2.66. The first-order valence-corrected chi connectivity index (χ1v) is 5.68. The largest absolute Gasteiger partial charge is 0.376 e. The minimum atomic E-state index is 0.0278. The second kappa shape index (κ2) is 4.58. The molecule has 0 bridgehead atoms. The molecule has 17 heavy (non-hydrogen) atoms. The highest BCUT2D eigenvalue weighted by Crippen LogP contribution is 2.21. The summed E-state index contributed by atoms with van der Waals surface area (Å²) in [6, 6.07) is 7.47. The van der Waals surface area contributed by atoms with Crippen molar-refractivity contribution in [2.24, 2.45) is 5.73 Å². The molecule has 1 aromatic carbocycles. The van der Waals surface area contributed by atoms with E-state index in [1.54, 1.807) is 16.8 Å². The molecule has 2 rings (SSSR count). The van der Waals surface area contributed by atoms with Crippen LogP contribution >= 0.6 is 12.2 Å². The molecule has 0 saturated carbocycles. The fourth-order valence-electron chi connectivity index (χ4n) is 1.75. The Hall–Kier alpha value is -1.82. The van der Waals surface area contributed by atoms with Crippen LogP contribution in [0.5, 0.6) is 0 Å². The molecule has 1 heterocycles. The SMILES string of the molecule is CN1CCN(c2ccc(NC(N)=S)cc2)C1=O. The first kappa shape index (κ1) is 11.7. The van der Waals surface area contributed by atoms with Crippen molar-refractivity contribution in [1.29, 1.82) is 0 Å². The van der Waals surface area contributed by atoms with Gasteiger partial charge in [-0.15, -0.1) is 0 Å². The summed E-state index contributed by atoms with van der Waals surface area (Å²) in [7, 11) is 1.80. The van der Waals surface area contributed by atoms with Crippen molar-refractivity contribution < 1.29 is 4.79 Å². The van der Waals surface area contributed by atoms with Crippen molar-refractivity contribution in [3.05, 3.63) is 24.3 Å². The highest BCUT2D eigenvalue weighted by molar-refractivity contribution is 7.80. The number of urea groups is 1. The van der Waals surface area contributed by atoms with Crippen molar-refractivity contribution >= 4 is 34.7 Å². The lowest BCUT2D eigenvalue weighted by Crippen LogP contribution is -2.29. The Bertz CT molecular complexity index is 445. The Balaban J connectivity index is 2.13. The van der Waals surface area contributed by atoms with E-state index in [9.17, 15) is 4.79 Å². The summed E-state index contributed by atoms with van der Waals surface area (Å²) in [5.41, 5.74) is 7.08. The van der Waals surface area contributed by atoms with E-state index in [2.05, 4.69) is 5.32 Å². The smallest absolute Gasteiger partial charge is 0.324 e. The molecule has 1 aliphatic rings. The Labute approximate surface area is 105 Å². The summed E-state index contributed by atoms with van der Waals surface area (Å²) in [5, 5.41) is 3.07. The average molecular weight is 250 g/mol. The van der Waals surface area contributed by atoms with Crippen molar-refractivity contribution in [1.82, 2.24) is 4.90 Å². The molecule has 1 aromatic rings. The van der Waals surface area contributed by atoms with Gasteiger partial charge in [0.15, 0.2) is 5.11 Å². The van der Waals surface area contributed by atoms with Crippen LogP contribution in [0.15, 0.2) is 24.3 Å². The lowest BCUT2D eigenvalue weighted by Gasteiger charge is -2.16. The fraction of sp³-hybridized carbons (Fsp3) is 0.273. The van der Waals surface area contributed by atoms with Crippen LogP contribution in [0.25, 0.3) is 0 Å². The van der Waals surface area contributed by atoms with E-state index in [1.165, 1.54) is 0 Å². The van der Waals surface area contributed by atoms with Crippen LogP contribution in [0.1, 0.15) is 0 Å². The zero-order valence-corrected chi connectivity index (χ0v) is 10.3. The first-order chi connectivity index (χ1) is 8.08. The highest BCUT2D eigenvalue weighted by atomic mass is 32.1. The molecular formula is C11H14N4OS. The number of thiocarbonyl (C=S) groups is 1. The van der Waals surface area contributed by atoms with Crippen molar-refractivity contribution in [2.75, 3.05) is 30.4 Å². The minimum Gasteiger partial charge on any atom is -0.376 e. The average Bonchev–Trinajstić information content (AvgIpc) is 2.60. The van der Waals surface area contributed by atoms with E-state index in [1.807, 2.05) is 24.3 Å². The van der Waals surface area contributed by atoms with Gasteiger partial charge in [0, 0.05) is 31.5 Å². The maximum atomic E-state index is 11.8. The Kier molecular flexibility index (Phi) is 3.14. The van der Waals surface area contributed by atoms with Gasteiger partial charge in [0.05, 0.1) is 0 Å². The first-order valence-electron chi connectivity index (χ1n) is 5.27. The summed E-state index contributed by atoms with van der Waals surface area (Å²) in [4.78, 5) is 15.2. The molecule has 5 nitrogen and oxygen atoms in total. The maximum absolute atomic E-state index is 11.8. The summed E-state index contributed by atoms with van der Waals surface area (Å²) in [6.07, 6.45) is 0. The van der Waals surface area contributed by atoms with Crippen LogP contribution in [0.3, 0.4) is 0 Å². The van der Waals surface area contributed by atoms with Gasteiger partial charge >= 0.3 is 6.03 Å². The summed E-state index contributed by atoms with van der Waals surface area (Å²) in [6.45, 7) is 1.48. The molecule has 90 valence electrons. The molecule has 0 unspecified atom stereocenters. The Morgan fingerprint density at radius 3 is 2.47 bits per heavy atom. The fourth-order valence-corrected chi connectivity index (χ4v) is 1.87. The molecule has 1 aliphatic heterocycles. The number of hydrogen-bond donors (Lipinski definition) is 2. The number of nitrogens with one attached hydrogen (secondary N) is 1. The highest BCUT2D eigenvalue weighted by Gasteiger charge is 2.26. The number of benzene rings is 1. The summed E-state index contributed by atoms with van der Waals surface area (Å²) < 4.78 is 0. The van der Waals surface area contributed by atoms with Crippen LogP contribution in [0.2, 0.25) is 0 Å². The van der Waals surface area contributed by atoms with Gasteiger partial charge in [-0.1, -0.05) is 0 Å². The van der Waals surface area contributed by atoms with Crippen molar-refractivity contribution in [3.8, 4) is 0 Å². The van der Waals surface area contributed by atoms with Crippen LogP contribution in [0, 0.1) is 0 Å². The van der Waals surface area contributed by atoms with E-state index in [-0.39, 0.29) is 11.1 Å². The predicted molar refractivity (Wildman–Crippen MR) is 72.2 cm³/mol. The van der Waals surface area contributed by atoms with E-state index in [0.29, 0.717) is 0 Å². The summed E-state index contributed by atoms with van der Waals surface area (Å²) >= 11 is 4.75. The van der Waals surface area contributed by atoms with Crippen molar-refractivity contribution in [2.45, 2.75) is 0 Å². The van der Waals surface area contributed by atoms with Crippen molar-refractivity contribution in [3.63, 3.8) is 0 Å². The van der Waals surface area contributed by atoms with Crippen LogP contribution in [-0.4, -0.2) is 36.2 Å². The third-order valence-corrected chi connectivity index (χ3v) is 2.77. The molecular weight excluding hydrogens is 236 g/mol. The number of carbonyl (C=O) groups excluding carboxylic acids is 1. The maximum Gasteiger partial charge on any atom is 0.324 e. The van der Waals surface area contributed by atoms with Gasteiger partial charge in [0.1, 0.15) is 0 Å². The number of amides is 2. The quantitative estimate of drug-likeness (QED) is 0.775. The molecule has 0 atom stereocenters. The zero-order chi connectivity index (χ0) is 12.4. The molecule has 0 aliphatic carbocycles. The second-order valence-corrected chi connectivity index (χ2v) is 4.33. The number of nitrogens with zero attached hydrogens (tertiary/aromatic N) is 2. The van der Waals surface area contributed by atoms with Crippen LogP contribution < -0.4 is 16.0 Å². The van der Waals surface area contributed by atoms with E-state index in [0.717, 1.165) is 24.5 Å². The second-order valence-electron chi connectivity index (χ2n) is 3.89. The van der Waals surface area contributed by atoms with E-state index >= 15 is 0 Å². The van der Waals surface area contributed by atoms with Crippen LogP contribution in [0.4, 0.5) is 16.2 Å². The van der Waals surface area contributed by atoms with Gasteiger partial charge in [0.2, 0.25) is 0 Å². The number of anilines is 2. The standard InChI is InChI=1S/C11H14N4OS/c1-14-6-7-15(11(14)16)9-4-2-8(3-5-9)13-10(12)17/h2-5H,6-7H2,1H3,(H3,12,13,17). The van der Waals surface area contributed by atoms with Gasteiger partial charge in [-0.2, -0.15) is 0 Å². The number of hydrogen-bond acceptors (Lipinski definition) is 2. The Morgan fingerprint density at radius 2 is 2.00 bits per heavy atom. The van der Waals surface area contributed by atoms with E-state index in [4.69, 9.17) is 18.0 Å². The van der Waals surface area contributed by atoms with Gasteiger partial charge in [-0.25, -0.2) is 4.79 Å². The summed E-state index contributed by atoms with van der Waals surface area (Å²) in [5.74, 6) is 0. The van der Waals surface area contributed by atoms with E-state index < -0.39 is 0 Å². The van der Waals surface area contributed by atoms with Gasteiger partial charge in [0.25, 0.3) is 0 Å². The molecule has 3 N–H and O–H groups in total. The molecule has 0 spiro atoms. The number of carbonyl (C=O) groups is 1. The molecule has 0 radical (unpaired) electrons. The topological polar surface area (TPSA) is 61.6 Å². The minimum absolute atomic E-state index is 0.0278. The Morgan fingerprint density at radius 1 is 1.35 bits per heavy atom. The lowest BCUT2D eigenvalue weighted by molar-refractivity contribution is 0.229. The molecule has 6 heteroatoms. The number of nitrogens with two attached hydrogens (primary N) is 1. The van der Waals surface area contributed by atoms with Gasteiger partial charge in [-0.05, 0) is 36.5 Å². The number of likely N-dealkylation sites (N-methyl/N-ethyl adjacent to an activating group) is 1. The normalized spacial score (nSPS) is 15.2. The predicted octanol–water partition coefficient (Wildman–Crippen LogP) is 1.21. The van der Waals surface area contributed by atoms with Gasteiger partial charge in [-0.3, -0.25) is 4.90 Å². The third kappa shape index (κ3) is 2.47.